The van der Waals surface area contributed by atoms with E-state index in [9.17, 15) is 4.79 Å². The molecule has 0 unspecified atom stereocenters. The summed E-state index contributed by atoms with van der Waals surface area (Å²) >= 11 is 4.64. The SMILES string of the molecule is Cc1ccc(OCC(=O)Nc2nncs2)c(Br)c1. The molecular weight excluding hydrogens is 318 g/mol. The number of hydrogen-bond acceptors (Lipinski definition) is 5. The lowest BCUT2D eigenvalue weighted by atomic mass is 10.2. The minimum atomic E-state index is -0.265. The fraction of sp³-hybridized carbons (Fsp3) is 0.182. The zero-order valence-electron chi connectivity index (χ0n) is 9.51. The summed E-state index contributed by atoms with van der Waals surface area (Å²) in [4.78, 5) is 11.5. The molecule has 2 aromatic rings. The summed E-state index contributed by atoms with van der Waals surface area (Å²) in [6.45, 7) is 1.91. The monoisotopic (exact) mass is 327 g/mol. The van der Waals surface area contributed by atoms with Gasteiger partial charge in [0.1, 0.15) is 11.3 Å². The van der Waals surface area contributed by atoms with Crippen LogP contribution in [0.4, 0.5) is 5.13 Å². The Morgan fingerprint density at radius 1 is 1.56 bits per heavy atom. The zero-order valence-corrected chi connectivity index (χ0v) is 11.9. The molecule has 5 nitrogen and oxygen atoms in total. The number of carbonyl (C=O) groups is 1. The third-order valence-corrected chi connectivity index (χ3v) is 3.28. The van der Waals surface area contributed by atoms with E-state index in [0.717, 1.165) is 10.0 Å². The van der Waals surface area contributed by atoms with Crippen LogP contribution in [-0.2, 0) is 4.79 Å². The van der Waals surface area contributed by atoms with Gasteiger partial charge in [-0.25, -0.2) is 0 Å². The Morgan fingerprint density at radius 3 is 3.06 bits per heavy atom. The van der Waals surface area contributed by atoms with Crippen molar-refractivity contribution in [2.75, 3.05) is 11.9 Å². The number of ether oxygens (including phenoxy) is 1. The summed E-state index contributed by atoms with van der Waals surface area (Å²) in [5.41, 5.74) is 2.67. The molecule has 0 aliphatic heterocycles. The molecule has 1 N–H and O–H groups in total. The largest absolute Gasteiger partial charge is 0.483 e. The average Bonchev–Trinajstić information content (AvgIpc) is 2.80. The maximum Gasteiger partial charge on any atom is 0.264 e. The Morgan fingerprint density at radius 2 is 2.39 bits per heavy atom. The number of amides is 1. The molecule has 0 spiro atoms. The number of hydrogen-bond donors (Lipinski definition) is 1. The topological polar surface area (TPSA) is 64.1 Å². The van der Waals surface area contributed by atoms with Crippen LogP contribution in [0.15, 0.2) is 28.2 Å². The number of carbonyl (C=O) groups excluding carboxylic acids is 1. The van der Waals surface area contributed by atoms with Crippen molar-refractivity contribution in [3.05, 3.63) is 33.7 Å². The van der Waals surface area contributed by atoms with Gasteiger partial charge >= 0.3 is 0 Å². The number of aromatic nitrogens is 2. The van der Waals surface area contributed by atoms with E-state index in [1.165, 1.54) is 11.3 Å². The summed E-state index contributed by atoms with van der Waals surface area (Å²) in [5, 5.41) is 10.4. The van der Waals surface area contributed by atoms with Gasteiger partial charge in [-0.1, -0.05) is 17.4 Å². The lowest BCUT2D eigenvalue weighted by Gasteiger charge is -2.08. The first-order valence-electron chi connectivity index (χ1n) is 5.10. The van der Waals surface area contributed by atoms with Crippen LogP contribution in [0.1, 0.15) is 5.56 Å². The van der Waals surface area contributed by atoms with Crippen LogP contribution in [0.25, 0.3) is 0 Å². The second-order valence-corrected chi connectivity index (χ2v) is 5.20. The lowest BCUT2D eigenvalue weighted by molar-refractivity contribution is -0.118. The molecule has 0 fully saturated rings. The van der Waals surface area contributed by atoms with Crippen LogP contribution in [-0.4, -0.2) is 22.7 Å². The normalized spacial score (nSPS) is 10.1. The second kappa shape index (κ2) is 5.92. The van der Waals surface area contributed by atoms with Gasteiger partial charge in [-0.2, -0.15) is 0 Å². The molecule has 0 atom stereocenters. The fourth-order valence-corrected chi connectivity index (χ4v) is 2.32. The van der Waals surface area contributed by atoms with Crippen molar-refractivity contribution in [2.45, 2.75) is 6.92 Å². The smallest absolute Gasteiger partial charge is 0.264 e. The zero-order chi connectivity index (χ0) is 13.0. The highest BCUT2D eigenvalue weighted by Gasteiger charge is 2.07. The molecule has 0 radical (unpaired) electrons. The third kappa shape index (κ3) is 3.51. The van der Waals surface area contributed by atoms with Crippen LogP contribution < -0.4 is 10.1 Å². The Bertz CT molecular complexity index is 545. The van der Waals surface area contributed by atoms with Gasteiger partial charge in [-0.15, -0.1) is 10.2 Å². The standard InChI is InChI=1S/C11H10BrN3O2S/c1-7-2-3-9(8(12)4-7)17-5-10(16)14-11-15-13-6-18-11/h2-4,6H,5H2,1H3,(H,14,15,16). The van der Waals surface area contributed by atoms with Gasteiger partial charge in [0.15, 0.2) is 6.61 Å². The molecular formula is C11H10BrN3O2S. The molecule has 0 saturated carbocycles. The van der Waals surface area contributed by atoms with Gasteiger partial charge in [0.25, 0.3) is 5.91 Å². The highest BCUT2D eigenvalue weighted by Crippen LogP contribution is 2.25. The van der Waals surface area contributed by atoms with E-state index in [1.807, 2.05) is 25.1 Å². The Kier molecular flexibility index (Phi) is 4.27. The Hall–Kier alpha value is -1.47. The van der Waals surface area contributed by atoms with Crippen molar-refractivity contribution in [1.82, 2.24) is 10.2 Å². The molecule has 0 saturated heterocycles. The predicted molar refractivity (Wildman–Crippen MR) is 72.9 cm³/mol. The first kappa shape index (κ1) is 13.0. The molecule has 1 aromatic heterocycles. The minimum Gasteiger partial charge on any atom is -0.483 e. The van der Waals surface area contributed by atoms with Crippen LogP contribution in [0.3, 0.4) is 0 Å². The van der Waals surface area contributed by atoms with E-state index >= 15 is 0 Å². The maximum absolute atomic E-state index is 11.5. The van der Waals surface area contributed by atoms with E-state index in [0.29, 0.717) is 10.9 Å². The van der Waals surface area contributed by atoms with Crippen molar-refractivity contribution in [1.29, 1.82) is 0 Å². The number of nitrogens with one attached hydrogen (secondary N) is 1. The van der Waals surface area contributed by atoms with Crippen LogP contribution in [0, 0.1) is 6.92 Å². The number of rotatable bonds is 4. The van der Waals surface area contributed by atoms with Crippen molar-refractivity contribution < 1.29 is 9.53 Å². The van der Waals surface area contributed by atoms with E-state index in [4.69, 9.17) is 4.74 Å². The molecule has 0 bridgehead atoms. The summed E-state index contributed by atoms with van der Waals surface area (Å²) in [7, 11) is 0. The highest BCUT2D eigenvalue weighted by molar-refractivity contribution is 9.10. The Labute approximate surface area is 116 Å². The predicted octanol–water partition coefficient (Wildman–Crippen LogP) is 2.63. The van der Waals surface area contributed by atoms with Crippen LogP contribution in [0.2, 0.25) is 0 Å². The third-order valence-electron chi connectivity index (χ3n) is 2.05. The number of nitrogens with zero attached hydrogens (tertiary/aromatic N) is 2. The summed E-state index contributed by atoms with van der Waals surface area (Å²) in [6, 6.07) is 5.67. The Balaban J connectivity index is 1.89. The molecule has 1 aromatic carbocycles. The number of halogens is 1. The molecule has 1 heterocycles. The van der Waals surface area contributed by atoms with E-state index in [2.05, 4.69) is 31.4 Å². The molecule has 1 amide bonds. The molecule has 94 valence electrons. The number of benzene rings is 1. The average molecular weight is 328 g/mol. The quantitative estimate of drug-likeness (QED) is 0.937. The first-order chi connectivity index (χ1) is 8.65. The number of anilines is 1. The van der Waals surface area contributed by atoms with E-state index in [1.54, 1.807) is 5.51 Å². The van der Waals surface area contributed by atoms with Gasteiger partial charge in [-0.3, -0.25) is 10.1 Å². The number of aryl methyl sites for hydroxylation is 1. The van der Waals surface area contributed by atoms with E-state index in [-0.39, 0.29) is 12.5 Å². The summed E-state index contributed by atoms with van der Waals surface area (Å²) in [5.74, 6) is 0.368. The first-order valence-corrected chi connectivity index (χ1v) is 6.77. The molecule has 18 heavy (non-hydrogen) atoms. The highest BCUT2D eigenvalue weighted by atomic mass is 79.9. The summed E-state index contributed by atoms with van der Waals surface area (Å²) in [6.07, 6.45) is 0. The van der Waals surface area contributed by atoms with Gasteiger partial charge < -0.3 is 4.74 Å². The summed E-state index contributed by atoms with van der Waals surface area (Å²) < 4.78 is 6.23. The maximum atomic E-state index is 11.5. The van der Waals surface area contributed by atoms with Gasteiger partial charge in [0.05, 0.1) is 4.47 Å². The molecule has 2 rings (SSSR count). The van der Waals surface area contributed by atoms with Crippen molar-refractivity contribution >= 4 is 38.3 Å². The fourth-order valence-electron chi connectivity index (χ4n) is 1.25. The lowest BCUT2D eigenvalue weighted by Crippen LogP contribution is -2.20. The van der Waals surface area contributed by atoms with Crippen LogP contribution in [0.5, 0.6) is 5.75 Å². The van der Waals surface area contributed by atoms with Crippen LogP contribution >= 0.6 is 27.3 Å². The van der Waals surface area contributed by atoms with Crippen molar-refractivity contribution in [3.63, 3.8) is 0 Å². The molecule has 0 aliphatic rings. The van der Waals surface area contributed by atoms with Crippen molar-refractivity contribution in [2.24, 2.45) is 0 Å². The van der Waals surface area contributed by atoms with Gasteiger partial charge in [0.2, 0.25) is 5.13 Å². The molecule has 7 heteroatoms. The van der Waals surface area contributed by atoms with Crippen molar-refractivity contribution in [3.8, 4) is 5.75 Å². The van der Waals surface area contributed by atoms with E-state index < -0.39 is 0 Å². The minimum absolute atomic E-state index is 0.0682. The van der Waals surface area contributed by atoms with Gasteiger partial charge in [-0.05, 0) is 40.5 Å². The second-order valence-electron chi connectivity index (χ2n) is 3.51. The van der Waals surface area contributed by atoms with Gasteiger partial charge in [0, 0.05) is 0 Å². The molecule has 0 aliphatic carbocycles.